The van der Waals surface area contributed by atoms with E-state index in [0.717, 1.165) is 0 Å². The molecule has 1 aromatic carbocycles. The van der Waals surface area contributed by atoms with E-state index in [1.165, 1.54) is 6.07 Å². The van der Waals surface area contributed by atoms with Gasteiger partial charge in [0.05, 0.1) is 29.0 Å². The number of rotatable bonds is 6. The number of hydrogen-bond acceptors (Lipinski definition) is 5. The van der Waals surface area contributed by atoms with Gasteiger partial charge in [0.15, 0.2) is 9.84 Å². The summed E-state index contributed by atoms with van der Waals surface area (Å²) in [7, 11) is -3.29. The molecule has 0 aromatic heterocycles. The van der Waals surface area contributed by atoms with Gasteiger partial charge in [-0.15, -0.1) is 0 Å². The zero-order chi connectivity index (χ0) is 12.9. The predicted molar refractivity (Wildman–Crippen MR) is 65.8 cm³/mol. The molecule has 1 rings (SSSR count). The van der Waals surface area contributed by atoms with Crippen LogP contribution in [0, 0.1) is 0 Å². The van der Waals surface area contributed by atoms with E-state index in [4.69, 9.17) is 5.11 Å². The molecule has 0 aliphatic rings. The molecule has 5 nitrogen and oxygen atoms in total. The quantitative estimate of drug-likeness (QED) is 0.681. The maximum absolute atomic E-state index is 11.8. The Labute approximate surface area is 101 Å². The zero-order valence-corrected chi connectivity index (χ0v) is 10.4. The Morgan fingerprint density at radius 3 is 2.59 bits per heavy atom. The molecule has 1 unspecified atom stereocenters. The summed E-state index contributed by atoms with van der Waals surface area (Å²) >= 11 is 0. The van der Waals surface area contributed by atoms with E-state index in [0.29, 0.717) is 5.69 Å². The summed E-state index contributed by atoms with van der Waals surface area (Å²) < 4.78 is 23.6. The summed E-state index contributed by atoms with van der Waals surface area (Å²) in [6.45, 7) is 1.32. The molecule has 1 aromatic rings. The molecular weight excluding hydrogens is 242 g/mol. The van der Waals surface area contributed by atoms with Crippen LogP contribution < -0.4 is 5.32 Å². The molecule has 96 valence electrons. The summed E-state index contributed by atoms with van der Waals surface area (Å²) in [4.78, 5) is 0.215. The Morgan fingerprint density at radius 2 is 2.00 bits per heavy atom. The van der Waals surface area contributed by atoms with Crippen LogP contribution in [0.3, 0.4) is 0 Å². The van der Waals surface area contributed by atoms with Gasteiger partial charge in [-0.25, -0.2) is 8.42 Å². The van der Waals surface area contributed by atoms with E-state index in [9.17, 15) is 13.5 Å². The molecule has 0 fully saturated rings. The fourth-order valence-corrected chi connectivity index (χ4v) is 2.40. The van der Waals surface area contributed by atoms with Gasteiger partial charge in [-0.1, -0.05) is 19.1 Å². The molecule has 17 heavy (non-hydrogen) atoms. The van der Waals surface area contributed by atoms with Gasteiger partial charge in [0.1, 0.15) is 0 Å². The van der Waals surface area contributed by atoms with Crippen molar-refractivity contribution in [1.82, 2.24) is 0 Å². The minimum Gasteiger partial charge on any atom is -0.394 e. The number of aliphatic hydroxyl groups excluding tert-OH is 2. The maximum Gasteiger partial charge on any atom is 0.180 e. The van der Waals surface area contributed by atoms with Crippen molar-refractivity contribution in [2.75, 3.05) is 24.2 Å². The van der Waals surface area contributed by atoms with Crippen LogP contribution in [-0.4, -0.2) is 43.6 Å². The molecule has 0 saturated heterocycles. The fraction of sp³-hybridized carbons (Fsp3) is 0.455. The molecule has 0 amide bonds. The third-order valence-electron chi connectivity index (χ3n) is 2.34. The molecule has 0 aliphatic heterocycles. The standard InChI is InChI=1S/C11H17NO4S/c1-2-17(15,16)11-6-4-3-5-10(11)12-7-9(14)8-13/h3-6,9,12-14H,2,7-8H2,1H3. The van der Waals surface area contributed by atoms with Crippen molar-refractivity contribution in [2.24, 2.45) is 0 Å². The van der Waals surface area contributed by atoms with Crippen molar-refractivity contribution < 1.29 is 18.6 Å². The first-order chi connectivity index (χ1) is 8.01. The number of benzene rings is 1. The minimum absolute atomic E-state index is 0.0221. The number of anilines is 1. The number of para-hydroxylation sites is 1. The Morgan fingerprint density at radius 1 is 1.35 bits per heavy atom. The highest BCUT2D eigenvalue weighted by Gasteiger charge is 2.16. The normalized spacial score (nSPS) is 13.4. The highest BCUT2D eigenvalue weighted by molar-refractivity contribution is 7.91. The lowest BCUT2D eigenvalue weighted by Crippen LogP contribution is -2.23. The summed E-state index contributed by atoms with van der Waals surface area (Å²) in [6.07, 6.45) is -0.910. The lowest BCUT2D eigenvalue weighted by Gasteiger charge is -2.13. The molecule has 0 bridgehead atoms. The van der Waals surface area contributed by atoms with E-state index in [1.54, 1.807) is 25.1 Å². The van der Waals surface area contributed by atoms with Gasteiger partial charge in [0.25, 0.3) is 0 Å². The molecule has 0 radical (unpaired) electrons. The van der Waals surface area contributed by atoms with Crippen molar-refractivity contribution in [3.63, 3.8) is 0 Å². The largest absolute Gasteiger partial charge is 0.394 e. The zero-order valence-electron chi connectivity index (χ0n) is 9.63. The van der Waals surface area contributed by atoms with Crippen LogP contribution in [0.4, 0.5) is 5.69 Å². The van der Waals surface area contributed by atoms with E-state index in [2.05, 4.69) is 5.32 Å². The SMILES string of the molecule is CCS(=O)(=O)c1ccccc1NCC(O)CO. The molecule has 0 saturated carbocycles. The summed E-state index contributed by atoms with van der Waals surface area (Å²) in [6, 6.07) is 6.51. The third-order valence-corrected chi connectivity index (χ3v) is 4.13. The Bertz CT molecular complexity index is 458. The lowest BCUT2D eigenvalue weighted by atomic mass is 10.3. The summed E-state index contributed by atoms with van der Waals surface area (Å²) in [5.41, 5.74) is 0.446. The average molecular weight is 259 g/mol. The summed E-state index contributed by atoms with van der Waals surface area (Å²) in [5, 5.41) is 20.7. The first-order valence-corrected chi connectivity index (χ1v) is 7.01. The third kappa shape index (κ3) is 3.69. The van der Waals surface area contributed by atoms with Crippen molar-refractivity contribution in [1.29, 1.82) is 0 Å². The topological polar surface area (TPSA) is 86.6 Å². The van der Waals surface area contributed by atoms with Crippen LogP contribution in [0.25, 0.3) is 0 Å². The smallest absolute Gasteiger partial charge is 0.180 e. The minimum atomic E-state index is -3.29. The van der Waals surface area contributed by atoms with Gasteiger partial charge in [0.2, 0.25) is 0 Å². The van der Waals surface area contributed by atoms with Gasteiger partial charge >= 0.3 is 0 Å². The fourth-order valence-electron chi connectivity index (χ4n) is 1.33. The second kappa shape index (κ2) is 6.00. The van der Waals surface area contributed by atoms with E-state index in [1.807, 2.05) is 0 Å². The van der Waals surface area contributed by atoms with Gasteiger partial charge in [0, 0.05) is 6.54 Å². The second-order valence-corrected chi connectivity index (χ2v) is 5.86. The van der Waals surface area contributed by atoms with E-state index < -0.39 is 15.9 Å². The molecule has 6 heteroatoms. The second-order valence-electron chi connectivity index (χ2n) is 3.62. The number of sulfone groups is 1. The molecule has 1 atom stereocenters. The lowest BCUT2D eigenvalue weighted by molar-refractivity contribution is 0.105. The Balaban J connectivity index is 2.93. The van der Waals surface area contributed by atoms with E-state index in [-0.39, 0.29) is 23.8 Å². The Kier molecular flexibility index (Phi) is 4.92. The molecule has 0 heterocycles. The van der Waals surface area contributed by atoms with Crippen LogP contribution >= 0.6 is 0 Å². The van der Waals surface area contributed by atoms with Gasteiger partial charge in [-0.3, -0.25) is 0 Å². The van der Waals surface area contributed by atoms with Crippen LogP contribution in [0.2, 0.25) is 0 Å². The first kappa shape index (κ1) is 14.0. The highest BCUT2D eigenvalue weighted by Crippen LogP contribution is 2.21. The van der Waals surface area contributed by atoms with Gasteiger partial charge in [-0.05, 0) is 12.1 Å². The molecule has 0 aliphatic carbocycles. The average Bonchev–Trinajstić information content (AvgIpc) is 2.36. The van der Waals surface area contributed by atoms with Crippen LogP contribution in [0.15, 0.2) is 29.2 Å². The predicted octanol–water partition coefficient (Wildman–Crippen LogP) is 0.245. The number of aliphatic hydroxyl groups is 2. The number of hydrogen-bond donors (Lipinski definition) is 3. The van der Waals surface area contributed by atoms with Crippen LogP contribution in [0.1, 0.15) is 6.92 Å². The first-order valence-electron chi connectivity index (χ1n) is 5.36. The summed E-state index contributed by atoms with van der Waals surface area (Å²) in [5.74, 6) is 0.0221. The van der Waals surface area contributed by atoms with Gasteiger partial charge < -0.3 is 15.5 Å². The van der Waals surface area contributed by atoms with Crippen LogP contribution in [0.5, 0.6) is 0 Å². The van der Waals surface area contributed by atoms with Crippen molar-refractivity contribution in [3.05, 3.63) is 24.3 Å². The Hall–Kier alpha value is -1.11. The van der Waals surface area contributed by atoms with Crippen molar-refractivity contribution in [3.8, 4) is 0 Å². The molecule has 0 spiro atoms. The van der Waals surface area contributed by atoms with Crippen LogP contribution in [-0.2, 0) is 9.84 Å². The number of nitrogens with one attached hydrogen (secondary N) is 1. The monoisotopic (exact) mass is 259 g/mol. The van der Waals surface area contributed by atoms with Crippen molar-refractivity contribution >= 4 is 15.5 Å². The van der Waals surface area contributed by atoms with E-state index >= 15 is 0 Å². The van der Waals surface area contributed by atoms with Gasteiger partial charge in [-0.2, -0.15) is 0 Å². The molecule has 3 N–H and O–H groups in total. The maximum atomic E-state index is 11.8. The van der Waals surface area contributed by atoms with Crippen molar-refractivity contribution in [2.45, 2.75) is 17.9 Å². The molecular formula is C11H17NO4S. The highest BCUT2D eigenvalue weighted by atomic mass is 32.2.